The van der Waals surface area contributed by atoms with Crippen molar-refractivity contribution in [3.05, 3.63) is 0 Å². The van der Waals surface area contributed by atoms with Crippen molar-refractivity contribution in [2.45, 2.75) is 89.1 Å². The first-order valence-electron chi connectivity index (χ1n) is 7.97. The van der Waals surface area contributed by atoms with Crippen molar-refractivity contribution in [3.8, 4) is 6.07 Å². The van der Waals surface area contributed by atoms with E-state index in [2.05, 4.69) is 6.07 Å². The highest BCUT2D eigenvalue weighted by Crippen LogP contribution is 2.49. The second-order valence-corrected chi connectivity index (χ2v) is 5.42. The lowest BCUT2D eigenvalue weighted by molar-refractivity contribution is -0.166. The van der Waals surface area contributed by atoms with Crippen LogP contribution >= 0.6 is 0 Å². The molecule has 2 saturated heterocycles. The maximum Gasteiger partial charge on any atom is 0.0971 e. The Morgan fingerprint density at radius 2 is 2.00 bits per heavy atom. The molecule has 4 nitrogen and oxygen atoms in total. The van der Waals surface area contributed by atoms with E-state index in [1.807, 2.05) is 13.8 Å². The zero-order valence-corrected chi connectivity index (χ0v) is 13.1. The van der Waals surface area contributed by atoms with Gasteiger partial charge in [0, 0.05) is 20.0 Å². The van der Waals surface area contributed by atoms with Crippen LogP contribution in [0, 0.1) is 11.3 Å². The number of hydrogen-bond donors (Lipinski definition) is 1. The van der Waals surface area contributed by atoms with E-state index in [9.17, 15) is 0 Å². The highest BCUT2D eigenvalue weighted by Gasteiger charge is 2.54. The first-order chi connectivity index (χ1) is 9.82. The Morgan fingerprint density at radius 3 is 2.70 bits per heavy atom. The molecule has 1 aliphatic carbocycles. The third-order valence-corrected chi connectivity index (χ3v) is 4.37. The number of aliphatic hydroxyl groups excluding tert-OH is 1. The van der Waals surface area contributed by atoms with Crippen molar-refractivity contribution < 1.29 is 14.6 Å². The summed E-state index contributed by atoms with van der Waals surface area (Å²) in [5, 5.41) is 15.6. The molecule has 3 rings (SSSR count). The van der Waals surface area contributed by atoms with Gasteiger partial charge >= 0.3 is 0 Å². The van der Waals surface area contributed by atoms with Crippen molar-refractivity contribution in [3.63, 3.8) is 0 Å². The molecule has 0 radical (unpaired) electrons. The normalized spacial score (nSPS) is 37.5. The van der Waals surface area contributed by atoms with Gasteiger partial charge in [0.25, 0.3) is 0 Å². The van der Waals surface area contributed by atoms with Crippen LogP contribution in [0.1, 0.15) is 65.2 Å². The summed E-state index contributed by atoms with van der Waals surface area (Å²) < 4.78 is 12.3. The first kappa shape index (κ1) is 17.4. The lowest BCUT2D eigenvalue weighted by Gasteiger charge is -2.42. The van der Waals surface area contributed by atoms with Gasteiger partial charge in [-0.3, -0.25) is 0 Å². The summed E-state index contributed by atoms with van der Waals surface area (Å²) in [4.78, 5) is 0. The molecule has 1 N–H and O–H groups in total. The lowest BCUT2D eigenvalue weighted by Crippen LogP contribution is -2.48. The Morgan fingerprint density at radius 1 is 1.25 bits per heavy atom. The molecule has 1 spiro atoms. The fourth-order valence-corrected chi connectivity index (χ4v) is 3.65. The quantitative estimate of drug-likeness (QED) is 0.845. The van der Waals surface area contributed by atoms with Crippen LogP contribution in [0.25, 0.3) is 0 Å². The van der Waals surface area contributed by atoms with E-state index < -0.39 is 0 Å². The van der Waals surface area contributed by atoms with Crippen molar-refractivity contribution >= 4 is 0 Å². The summed E-state index contributed by atoms with van der Waals surface area (Å²) in [6.07, 6.45) is 9.54. The summed E-state index contributed by atoms with van der Waals surface area (Å²) in [6, 6.07) is 2.22. The summed E-state index contributed by atoms with van der Waals surface area (Å²) in [5.41, 5.74) is 0.0291. The van der Waals surface area contributed by atoms with Gasteiger partial charge in [-0.25, -0.2) is 0 Å². The molecule has 2 heterocycles. The number of ether oxygens (including phenoxy) is 2. The molecular weight excluding hydrogens is 254 g/mol. The van der Waals surface area contributed by atoms with Gasteiger partial charge in [-0.1, -0.05) is 13.8 Å². The van der Waals surface area contributed by atoms with Crippen LogP contribution in [0.15, 0.2) is 0 Å². The van der Waals surface area contributed by atoms with Gasteiger partial charge in [0.2, 0.25) is 0 Å². The van der Waals surface area contributed by atoms with Crippen molar-refractivity contribution in [1.29, 1.82) is 5.26 Å². The summed E-state index contributed by atoms with van der Waals surface area (Å²) in [6.45, 7) is 4.00. The Kier molecular flexibility index (Phi) is 7.50. The fraction of sp³-hybridized carbons (Fsp3) is 0.938. The van der Waals surface area contributed by atoms with Crippen molar-refractivity contribution in [2.75, 3.05) is 7.11 Å². The monoisotopic (exact) mass is 283 g/mol. The van der Waals surface area contributed by atoms with Crippen LogP contribution in [-0.4, -0.2) is 36.1 Å². The van der Waals surface area contributed by atoms with Gasteiger partial charge in [0.15, 0.2) is 0 Å². The molecule has 20 heavy (non-hydrogen) atoms. The van der Waals surface area contributed by atoms with E-state index >= 15 is 0 Å². The topological polar surface area (TPSA) is 62.5 Å². The van der Waals surface area contributed by atoms with Gasteiger partial charge in [-0.2, -0.15) is 5.26 Å². The maximum absolute atomic E-state index is 8.63. The van der Waals surface area contributed by atoms with Gasteiger partial charge in [-0.15, -0.1) is 0 Å². The maximum atomic E-state index is 8.63. The number of fused-ring (bicyclic) bond motifs is 1. The van der Waals surface area contributed by atoms with E-state index in [-0.39, 0.29) is 5.60 Å². The van der Waals surface area contributed by atoms with E-state index in [4.69, 9.17) is 19.8 Å². The predicted octanol–water partition coefficient (Wildman–Crippen LogP) is 3.18. The molecule has 3 aliphatic rings. The molecule has 2 bridgehead atoms. The predicted molar refractivity (Wildman–Crippen MR) is 78.3 cm³/mol. The van der Waals surface area contributed by atoms with Gasteiger partial charge < -0.3 is 14.6 Å². The molecule has 4 atom stereocenters. The van der Waals surface area contributed by atoms with Gasteiger partial charge in [0.1, 0.15) is 0 Å². The van der Waals surface area contributed by atoms with Gasteiger partial charge in [0.05, 0.1) is 30.0 Å². The van der Waals surface area contributed by atoms with Gasteiger partial charge in [-0.05, 0) is 38.5 Å². The Hall–Kier alpha value is -0.630. The minimum atomic E-state index is 0.0291. The van der Waals surface area contributed by atoms with Crippen molar-refractivity contribution in [2.24, 2.45) is 0 Å². The van der Waals surface area contributed by atoms with Crippen LogP contribution in [0.2, 0.25) is 0 Å². The number of nitrogens with zero attached hydrogens (tertiary/aromatic N) is 1. The number of rotatable bonds is 2. The molecule has 2 aliphatic heterocycles. The molecule has 3 fully saturated rings. The molecule has 4 heteroatoms. The molecule has 1 saturated carbocycles. The van der Waals surface area contributed by atoms with Crippen LogP contribution < -0.4 is 0 Å². The summed E-state index contributed by atoms with van der Waals surface area (Å²) >= 11 is 0. The van der Waals surface area contributed by atoms with E-state index in [0.717, 1.165) is 39.2 Å². The third kappa shape index (κ3) is 3.72. The Bertz CT molecular complexity index is 315. The smallest absolute Gasteiger partial charge is 0.0971 e. The Labute approximate surface area is 123 Å². The summed E-state index contributed by atoms with van der Waals surface area (Å²) in [7, 11) is 1.00. The van der Waals surface area contributed by atoms with E-state index in [1.165, 1.54) is 12.8 Å². The zero-order valence-electron chi connectivity index (χ0n) is 13.1. The molecule has 0 amide bonds. The Balaban J connectivity index is 0.000000461. The SMILES string of the molecule is CC.CO.N#CCC[C@H]1CCC2OC3CCCC2(C3)O1. The number of aliphatic hydroxyl groups is 1. The average molecular weight is 283 g/mol. The second kappa shape index (κ2) is 8.61. The first-order valence-corrected chi connectivity index (χ1v) is 7.97. The average Bonchev–Trinajstić information content (AvgIpc) is 2.78. The van der Waals surface area contributed by atoms with Crippen LogP contribution in [0.4, 0.5) is 0 Å². The molecule has 3 unspecified atom stereocenters. The largest absolute Gasteiger partial charge is 0.400 e. The number of hydrogen-bond acceptors (Lipinski definition) is 4. The fourth-order valence-electron chi connectivity index (χ4n) is 3.65. The third-order valence-electron chi connectivity index (χ3n) is 4.37. The van der Waals surface area contributed by atoms with Crippen LogP contribution in [-0.2, 0) is 9.47 Å². The molecule has 0 aromatic rings. The molecule has 0 aromatic carbocycles. The standard InChI is InChI=1S/C13H19NO2.C2H6.CH4O/c14-8-2-4-10-5-6-12-13(16-10)7-1-3-11(9-13)15-12;2*1-2/h10-12H,1-7,9H2;1-2H3;2H,1H3/t10-,11?,12?,13?;;/m0../s1. The van der Waals surface area contributed by atoms with E-state index in [0.29, 0.717) is 24.7 Å². The van der Waals surface area contributed by atoms with E-state index in [1.54, 1.807) is 0 Å². The molecule has 0 aromatic heterocycles. The van der Waals surface area contributed by atoms with Crippen molar-refractivity contribution in [1.82, 2.24) is 0 Å². The molecular formula is C16H29NO3. The number of nitriles is 1. The molecule has 116 valence electrons. The second-order valence-electron chi connectivity index (χ2n) is 5.42. The van der Waals surface area contributed by atoms with Crippen LogP contribution in [0.5, 0.6) is 0 Å². The van der Waals surface area contributed by atoms with Crippen LogP contribution in [0.3, 0.4) is 0 Å². The summed E-state index contributed by atoms with van der Waals surface area (Å²) in [5.74, 6) is 0. The highest BCUT2D eigenvalue weighted by molar-refractivity contribution is 5.04. The zero-order chi connectivity index (χ0) is 15.0. The highest BCUT2D eigenvalue weighted by atomic mass is 16.6. The minimum Gasteiger partial charge on any atom is -0.400 e. The lowest BCUT2D eigenvalue weighted by atomic mass is 9.78. The minimum absolute atomic E-state index is 0.0291.